The van der Waals surface area contributed by atoms with Crippen LogP contribution in [-0.4, -0.2) is 26.1 Å². The maximum absolute atomic E-state index is 13.1. The molecule has 0 radical (unpaired) electrons. The number of ether oxygens (including phenoxy) is 2. The minimum absolute atomic E-state index is 0.228. The van der Waals surface area contributed by atoms with Crippen LogP contribution in [0.5, 0.6) is 5.75 Å². The summed E-state index contributed by atoms with van der Waals surface area (Å²) in [6.45, 7) is 0. The molecule has 1 unspecified atom stereocenters. The van der Waals surface area contributed by atoms with Gasteiger partial charge >= 0.3 is 5.97 Å². The van der Waals surface area contributed by atoms with Crippen molar-refractivity contribution >= 4 is 11.9 Å². The average molecular weight is 389 g/mol. The Balaban J connectivity index is 2.06. The molecule has 0 aliphatic rings. The van der Waals surface area contributed by atoms with Gasteiger partial charge in [-0.3, -0.25) is 4.79 Å². The number of nitrogens with one attached hydrogen (secondary N) is 1. The van der Waals surface area contributed by atoms with E-state index in [9.17, 15) is 9.59 Å². The first kappa shape index (κ1) is 20.1. The van der Waals surface area contributed by atoms with Crippen LogP contribution in [0.1, 0.15) is 21.5 Å². The molecule has 0 aliphatic heterocycles. The van der Waals surface area contributed by atoms with Crippen molar-refractivity contribution in [2.24, 2.45) is 0 Å². The first-order chi connectivity index (χ1) is 14.1. The fraction of sp³-hybridized carbons (Fsp3) is 0.167. The van der Waals surface area contributed by atoms with Gasteiger partial charge in [0.2, 0.25) is 0 Å². The van der Waals surface area contributed by atoms with Gasteiger partial charge in [-0.2, -0.15) is 0 Å². The molecule has 148 valence electrons. The molecule has 5 heteroatoms. The Morgan fingerprint density at radius 3 is 1.97 bits per heavy atom. The first-order valence-electron chi connectivity index (χ1n) is 9.23. The Morgan fingerprint density at radius 1 is 0.828 bits per heavy atom. The van der Waals surface area contributed by atoms with Crippen molar-refractivity contribution in [3.05, 3.63) is 102 Å². The van der Waals surface area contributed by atoms with Crippen LogP contribution in [-0.2, 0) is 21.5 Å². The Bertz CT molecular complexity index is 955. The second kappa shape index (κ2) is 9.06. The summed E-state index contributed by atoms with van der Waals surface area (Å²) in [5.41, 5.74) is 0.587. The van der Waals surface area contributed by atoms with E-state index in [4.69, 9.17) is 9.47 Å². The van der Waals surface area contributed by atoms with Gasteiger partial charge in [0.25, 0.3) is 5.91 Å². The zero-order valence-corrected chi connectivity index (χ0v) is 16.4. The third-order valence-electron chi connectivity index (χ3n) is 4.79. The maximum atomic E-state index is 13.1. The second-order valence-corrected chi connectivity index (χ2v) is 6.61. The number of carbonyl (C=O) groups excluding carboxylic acids is 2. The van der Waals surface area contributed by atoms with E-state index in [1.807, 2.05) is 60.7 Å². The Hall–Kier alpha value is -3.60. The lowest BCUT2D eigenvalue weighted by molar-refractivity contribution is -0.148. The maximum Gasteiger partial charge on any atom is 0.336 e. The predicted molar refractivity (Wildman–Crippen MR) is 111 cm³/mol. The molecule has 0 fully saturated rings. The van der Waals surface area contributed by atoms with E-state index >= 15 is 0 Å². The van der Waals surface area contributed by atoms with Gasteiger partial charge in [-0.25, -0.2) is 4.79 Å². The summed E-state index contributed by atoms with van der Waals surface area (Å²) >= 11 is 0. The topological polar surface area (TPSA) is 64.6 Å². The van der Waals surface area contributed by atoms with Crippen molar-refractivity contribution < 1.29 is 19.1 Å². The van der Waals surface area contributed by atoms with Crippen LogP contribution >= 0.6 is 0 Å². The van der Waals surface area contributed by atoms with E-state index in [0.717, 1.165) is 5.56 Å². The zero-order valence-electron chi connectivity index (χ0n) is 16.4. The molecule has 0 aliphatic carbocycles. The zero-order chi connectivity index (χ0) is 20.7. The summed E-state index contributed by atoms with van der Waals surface area (Å²) < 4.78 is 10.4. The van der Waals surface area contributed by atoms with Gasteiger partial charge < -0.3 is 14.8 Å². The smallest absolute Gasteiger partial charge is 0.336 e. The Kier molecular flexibility index (Phi) is 6.29. The number of benzene rings is 3. The van der Waals surface area contributed by atoms with Crippen LogP contribution in [0.4, 0.5) is 0 Å². The molecule has 0 saturated carbocycles. The molecule has 0 aromatic heterocycles. The summed E-state index contributed by atoms with van der Waals surface area (Å²) in [7, 11) is 2.92. The third kappa shape index (κ3) is 4.46. The van der Waals surface area contributed by atoms with Gasteiger partial charge in [-0.1, -0.05) is 60.7 Å². The van der Waals surface area contributed by atoms with Gasteiger partial charge in [-0.05, 0) is 35.4 Å². The molecule has 5 nitrogen and oxygen atoms in total. The highest BCUT2D eigenvalue weighted by Gasteiger charge is 2.43. The van der Waals surface area contributed by atoms with Crippen LogP contribution in [0.15, 0.2) is 84.9 Å². The van der Waals surface area contributed by atoms with Crippen LogP contribution < -0.4 is 10.1 Å². The van der Waals surface area contributed by atoms with E-state index in [2.05, 4.69) is 5.32 Å². The van der Waals surface area contributed by atoms with Crippen molar-refractivity contribution in [1.29, 1.82) is 0 Å². The molecule has 1 atom stereocenters. The van der Waals surface area contributed by atoms with Crippen LogP contribution in [0.2, 0.25) is 0 Å². The molecular weight excluding hydrogens is 366 g/mol. The summed E-state index contributed by atoms with van der Waals surface area (Å²) in [6, 6.07) is 25.3. The molecule has 0 spiro atoms. The highest BCUT2D eigenvalue weighted by atomic mass is 16.5. The highest BCUT2D eigenvalue weighted by Crippen LogP contribution is 2.29. The Labute approximate surface area is 170 Å². The van der Waals surface area contributed by atoms with E-state index in [1.165, 1.54) is 7.11 Å². The minimum Gasteiger partial charge on any atom is -0.497 e. The molecule has 3 aromatic rings. The number of esters is 1. The molecule has 0 heterocycles. The monoisotopic (exact) mass is 389 g/mol. The van der Waals surface area contributed by atoms with Crippen LogP contribution in [0, 0.1) is 0 Å². The van der Waals surface area contributed by atoms with Crippen molar-refractivity contribution in [3.8, 4) is 5.75 Å². The van der Waals surface area contributed by atoms with Crippen molar-refractivity contribution in [3.63, 3.8) is 0 Å². The lowest BCUT2D eigenvalue weighted by Gasteiger charge is -2.33. The average Bonchev–Trinajstić information content (AvgIpc) is 2.79. The van der Waals surface area contributed by atoms with Gasteiger partial charge in [0.15, 0.2) is 5.54 Å². The number of methoxy groups -OCH3 is 2. The van der Waals surface area contributed by atoms with Gasteiger partial charge in [0.05, 0.1) is 14.2 Å². The van der Waals surface area contributed by atoms with Gasteiger partial charge in [0.1, 0.15) is 5.75 Å². The third-order valence-corrected chi connectivity index (χ3v) is 4.79. The molecule has 0 bridgehead atoms. The number of hydrogen-bond acceptors (Lipinski definition) is 4. The van der Waals surface area contributed by atoms with E-state index in [0.29, 0.717) is 16.9 Å². The van der Waals surface area contributed by atoms with E-state index < -0.39 is 11.5 Å². The molecular formula is C24H23NO4. The van der Waals surface area contributed by atoms with Gasteiger partial charge in [-0.15, -0.1) is 0 Å². The highest BCUT2D eigenvalue weighted by molar-refractivity contribution is 5.98. The number of rotatable bonds is 7. The van der Waals surface area contributed by atoms with Gasteiger partial charge in [0, 0.05) is 12.0 Å². The molecule has 3 rings (SSSR count). The van der Waals surface area contributed by atoms with Crippen molar-refractivity contribution in [2.45, 2.75) is 12.0 Å². The van der Waals surface area contributed by atoms with Crippen molar-refractivity contribution in [1.82, 2.24) is 5.32 Å². The summed E-state index contributed by atoms with van der Waals surface area (Å²) in [5.74, 6) is -0.178. The molecule has 0 saturated heterocycles. The summed E-state index contributed by atoms with van der Waals surface area (Å²) in [4.78, 5) is 26.1. The first-order valence-corrected chi connectivity index (χ1v) is 9.23. The van der Waals surface area contributed by atoms with Crippen LogP contribution in [0.3, 0.4) is 0 Å². The number of hydrogen-bond donors (Lipinski definition) is 1. The second-order valence-electron chi connectivity index (χ2n) is 6.61. The fourth-order valence-corrected chi connectivity index (χ4v) is 3.26. The van der Waals surface area contributed by atoms with Crippen LogP contribution in [0.25, 0.3) is 0 Å². The van der Waals surface area contributed by atoms with E-state index in [-0.39, 0.29) is 12.3 Å². The minimum atomic E-state index is -1.38. The van der Waals surface area contributed by atoms with Crippen molar-refractivity contribution in [2.75, 3.05) is 14.2 Å². The summed E-state index contributed by atoms with van der Waals surface area (Å²) in [5, 5.41) is 2.95. The quantitative estimate of drug-likeness (QED) is 0.626. The summed E-state index contributed by atoms with van der Waals surface area (Å²) in [6.07, 6.45) is 0.228. The number of carbonyl (C=O) groups is 2. The predicted octanol–water partition coefficient (Wildman–Crippen LogP) is 3.74. The molecule has 1 amide bonds. The Morgan fingerprint density at radius 2 is 1.41 bits per heavy atom. The van der Waals surface area contributed by atoms with E-state index in [1.54, 1.807) is 31.4 Å². The largest absolute Gasteiger partial charge is 0.497 e. The fourth-order valence-electron chi connectivity index (χ4n) is 3.26. The number of amides is 1. The SMILES string of the molecule is COC(=O)C(Cc1ccc(OC)cc1)(NC(=O)c1ccccc1)c1ccccc1. The normalized spacial score (nSPS) is 12.5. The molecule has 3 aromatic carbocycles. The molecule has 1 N–H and O–H groups in total. The molecule has 29 heavy (non-hydrogen) atoms. The lowest BCUT2D eigenvalue weighted by atomic mass is 9.83. The standard InChI is InChI=1S/C24H23NO4/c1-28-21-15-13-18(14-16-21)17-24(23(27)29-2,20-11-7-4-8-12-20)25-22(26)19-9-5-3-6-10-19/h3-16H,17H2,1-2H3,(H,25,26). The lowest BCUT2D eigenvalue weighted by Crippen LogP contribution is -2.54.